The first kappa shape index (κ1) is 14.6. The van der Waals surface area contributed by atoms with Crippen LogP contribution in [0.1, 0.15) is 23.7 Å². The van der Waals surface area contributed by atoms with Crippen LogP contribution >= 0.6 is 0 Å². The van der Waals surface area contributed by atoms with Gasteiger partial charge in [-0.1, -0.05) is 6.92 Å². The Labute approximate surface area is 117 Å². The van der Waals surface area contributed by atoms with Crippen LogP contribution in [0.15, 0.2) is 24.3 Å². The fraction of sp³-hybridized carbons (Fsp3) is 0.500. The maximum atomic E-state index is 12.1. The van der Waals surface area contributed by atoms with E-state index in [4.69, 9.17) is 0 Å². The summed E-state index contributed by atoms with van der Waals surface area (Å²) in [7, 11) is 0. The molecule has 0 aliphatic carbocycles. The van der Waals surface area contributed by atoms with Gasteiger partial charge in [-0.3, -0.25) is 19.8 Å². The second-order valence-corrected chi connectivity index (χ2v) is 5.30. The van der Waals surface area contributed by atoms with Gasteiger partial charge in [-0.15, -0.1) is 0 Å². The molecule has 2 rings (SSSR count). The van der Waals surface area contributed by atoms with Gasteiger partial charge in [0.2, 0.25) is 0 Å². The summed E-state index contributed by atoms with van der Waals surface area (Å²) in [6, 6.07) is 5.62. The Balaban J connectivity index is 1.96. The van der Waals surface area contributed by atoms with E-state index in [-0.39, 0.29) is 23.9 Å². The summed E-state index contributed by atoms with van der Waals surface area (Å²) in [5.74, 6) is 0.183. The van der Waals surface area contributed by atoms with Crippen LogP contribution in [0.25, 0.3) is 0 Å². The highest BCUT2D eigenvalue weighted by atomic mass is 16.6. The normalized spacial score (nSPS) is 23.5. The molecule has 1 aliphatic heterocycles. The van der Waals surface area contributed by atoms with E-state index < -0.39 is 11.0 Å². The van der Waals surface area contributed by atoms with Gasteiger partial charge in [0, 0.05) is 24.2 Å². The first-order valence-corrected chi connectivity index (χ1v) is 6.65. The first-order chi connectivity index (χ1) is 9.47. The molecule has 1 aromatic rings. The van der Waals surface area contributed by atoms with Crippen molar-refractivity contribution in [3.05, 3.63) is 39.9 Å². The van der Waals surface area contributed by atoms with E-state index in [1.54, 1.807) is 0 Å². The lowest BCUT2D eigenvalue weighted by molar-refractivity contribution is -0.384. The third kappa shape index (κ3) is 3.40. The first-order valence-electron chi connectivity index (χ1n) is 6.65. The Morgan fingerprint density at radius 3 is 2.65 bits per heavy atom. The SMILES string of the molecule is CC1CCN(CC(=O)c2ccc([N+](=O)[O-])cc2)CC1O. The predicted octanol–water partition coefficient (Wildman–Crippen LogP) is 1.48. The van der Waals surface area contributed by atoms with E-state index >= 15 is 0 Å². The Morgan fingerprint density at radius 2 is 2.10 bits per heavy atom. The average molecular weight is 278 g/mol. The van der Waals surface area contributed by atoms with Crippen molar-refractivity contribution in [1.82, 2.24) is 4.90 Å². The molecule has 0 bridgehead atoms. The summed E-state index contributed by atoms with van der Waals surface area (Å²) in [4.78, 5) is 24.1. The number of hydrogen-bond donors (Lipinski definition) is 1. The van der Waals surface area contributed by atoms with Crippen LogP contribution in [0.2, 0.25) is 0 Å². The number of aliphatic hydroxyl groups excluding tert-OH is 1. The molecule has 0 saturated carbocycles. The summed E-state index contributed by atoms with van der Waals surface area (Å²) in [6.07, 6.45) is 0.475. The Bertz CT molecular complexity index is 500. The predicted molar refractivity (Wildman–Crippen MR) is 73.7 cm³/mol. The van der Waals surface area contributed by atoms with Crippen molar-refractivity contribution in [2.24, 2.45) is 5.92 Å². The Hall–Kier alpha value is -1.79. The van der Waals surface area contributed by atoms with Gasteiger partial charge in [-0.2, -0.15) is 0 Å². The van der Waals surface area contributed by atoms with E-state index in [2.05, 4.69) is 0 Å². The van der Waals surface area contributed by atoms with Gasteiger partial charge >= 0.3 is 0 Å². The lowest BCUT2D eigenvalue weighted by Crippen LogP contribution is -2.44. The van der Waals surface area contributed by atoms with Gasteiger partial charge in [0.05, 0.1) is 17.6 Å². The molecule has 0 radical (unpaired) electrons. The van der Waals surface area contributed by atoms with Gasteiger partial charge in [0.25, 0.3) is 5.69 Å². The second kappa shape index (κ2) is 6.11. The van der Waals surface area contributed by atoms with E-state index in [0.29, 0.717) is 12.1 Å². The summed E-state index contributed by atoms with van der Waals surface area (Å²) in [5, 5.41) is 20.4. The number of likely N-dealkylation sites (tertiary alicyclic amines) is 1. The number of rotatable bonds is 4. The highest BCUT2D eigenvalue weighted by Gasteiger charge is 2.25. The van der Waals surface area contributed by atoms with Gasteiger partial charge in [-0.05, 0) is 31.0 Å². The average Bonchev–Trinajstić information content (AvgIpc) is 2.43. The van der Waals surface area contributed by atoms with Crippen molar-refractivity contribution in [2.45, 2.75) is 19.4 Å². The number of β-amino-alcohol motifs (C(OH)–C–C–N with tert-alkyl or cyclic N) is 1. The van der Waals surface area contributed by atoms with Gasteiger partial charge in [0.1, 0.15) is 0 Å². The molecule has 0 aromatic heterocycles. The molecule has 1 aromatic carbocycles. The van der Waals surface area contributed by atoms with Crippen LogP contribution in [-0.4, -0.2) is 46.5 Å². The molecule has 2 atom stereocenters. The molecule has 0 amide bonds. The molecular formula is C14H18N2O4. The van der Waals surface area contributed by atoms with Crippen LogP contribution in [0, 0.1) is 16.0 Å². The fourth-order valence-corrected chi connectivity index (χ4v) is 2.32. The topological polar surface area (TPSA) is 83.7 Å². The van der Waals surface area contributed by atoms with E-state index in [9.17, 15) is 20.0 Å². The Kier molecular flexibility index (Phi) is 4.46. The zero-order chi connectivity index (χ0) is 14.7. The minimum absolute atomic E-state index is 0.0243. The van der Waals surface area contributed by atoms with E-state index in [1.807, 2.05) is 11.8 Å². The monoisotopic (exact) mass is 278 g/mol. The highest BCUT2D eigenvalue weighted by Crippen LogP contribution is 2.18. The number of nitro benzene ring substituents is 1. The molecule has 0 spiro atoms. The number of aliphatic hydroxyl groups is 1. The zero-order valence-corrected chi connectivity index (χ0v) is 11.4. The Morgan fingerprint density at radius 1 is 1.45 bits per heavy atom. The van der Waals surface area contributed by atoms with Crippen molar-refractivity contribution >= 4 is 11.5 Å². The minimum atomic E-state index is -0.489. The summed E-state index contributed by atoms with van der Waals surface area (Å²) in [5.41, 5.74) is 0.437. The standard InChI is InChI=1S/C14H18N2O4/c1-10-6-7-15(8-13(10)17)9-14(18)11-2-4-12(5-3-11)16(19)20/h2-5,10,13,17H,6-9H2,1H3. The number of nitrogens with zero attached hydrogens (tertiary/aromatic N) is 2. The van der Waals surface area contributed by atoms with E-state index in [0.717, 1.165) is 13.0 Å². The number of Topliss-reactive ketones (excluding diaryl/α,β-unsaturated/α-hetero) is 1. The van der Waals surface area contributed by atoms with E-state index in [1.165, 1.54) is 24.3 Å². The number of benzene rings is 1. The third-order valence-corrected chi connectivity index (χ3v) is 3.77. The van der Waals surface area contributed by atoms with Crippen LogP contribution in [0.4, 0.5) is 5.69 Å². The van der Waals surface area contributed by atoms with Crippen LogP contribution in [0.3, 0.4) is 0 Å². The summed E-state index contributed by atoms with van der Waals surface area (Å²) in [6.45, 7) is 3.53. The molecule has 108 valence electrons. The molecule has 1 aliphatic rings. The number of carbonyl (C=O) groups excluding carboxylic acids is 1. The minimum Gasteiger partial charge on any atom is -0.392 e. The number of non-ortho nitro benzene ring substituents is 1. The van der Waals surface area contributed by atoms with Crippen LogP contribution in [-0.2, 0) is 0 Å². The molecule has 6 nitrogen and oxygen atoms in total. The number of carbonyl (C=O) groups is 1. The highest BCUT2D eigenvalue weighted by molar-refractivity contribution is 5.97. The van der Waals surface area contributed by atoms with Crippen molar-refractivity contribution in [1.29, 1.82) is 0 Å². The number of ketones is 1. The summed E-state index contributed by atoms with van der Waals surface area (Å²) < 4.78 is 0. The molecule has 6 heteroatoms. The van der Waals surface area contributed by atoms with Crippen LogP contribution in [0.5, 0.6) is 0 Å². The smallest absolute Gasteiger partial charge is 0.269 e. The van der Waals surface area contributed by atoms with Crippen molar-refractivity contribution in [3.63, 3.8) is 0 Å². The zero-order valence-electron chi connectivity index (χ0n) is 11.4. The van der Waals surface area contributed by atoms with Crippen LogP contribution < -0.4 is 0 Å². The van der Waals surface area contributed by atoms with Gasteiger partial charge in [-0.25, -0.2) is 0 Å². The largest absolute Gasteiger partial charge is 0.392 e. The quantitative estimate of drug-likeness (QED) is 0.512. The second-order valence-electron chi connectivity index (χ2n) is 5.30. The molecular weight excluding hydrogens is 260 g/mol. The maximum Gasteiger partial charge on any atom is 0.269 e. The molecule has 1 N–H and O–H groups in total. The van der Waals surface area contributed by atoms with Crippen molar-refractivity contribution in [2.75, 3.05) is 19.6 Å². The molecule has 20 heavy (non-hydrogen) atoms. The number of piperidine rings is 1. The van der Waals surface area contributed by atoms with Gasteiger partial charge < -0.3 is 5.11 Å². The third-order valence-electron chi connectivity index (χ3n) is 3.77. The molecule has 1 fully saturated rings. The number of nitro groups is 1. The number of hydrogen-bond acceptors (Lipinski definition) is 5. The maximum absolute atomic E-state index is 12.1. The molecule has 1 saturated heterocycles. The lowest BCUT2D eigenvalue weighted by atomic mass is 9.95. The van der Waals surface area contributed by atoms with Gasteiger partial charge in [0.15, 0.2) is 5.78 Å². The lowest BCUT2D eigenvalue weighted by Gasteiger charge is -2.33. The fourth-order valence-electron chi connectivity index (χ4n) is 2.32. The van der Waals surface area contributed by atoms with Crippen molar-refractivity contribution in [3.8, 4) is 0 Å². The summed E-state index contributed by atoms with van der Waals surface area (Å²) >= 11 is 0. The molecule has 2 unspecified atom stereocenters. The van der Waals surface area contributed by atoms with Crippen molar-refractivity contribution < 1.29 is 14.8 Å². The molecule has 1 heterocycles.